The van der Waals surface area contributed by atoms with E-state index in [4.69, 9.17) is 4.74 Å². The lowest BCUT2D eigenvalue weighted by Gasteiger charge is -2.11. The number of hydrogen-bond donors (Lipinski definition) is 1. The summed E-state index contributed by atoms with van der Waals surface area (Å²) in [7, 11) is 0. The second kappa shape index (κ2) is 6.55. The van der Waals surface area contributed by atoms with Crippen molar-refractivity contribution in [1.82, 2.24) is 4.98 Å². The first-order valence-electron chi connectivity index (χ1n) is 6.54. The summed E-state index contributed by atoms with van der Waals surface area (Å²) >= 11 is 0. The molecule has 1 aromatic heterocycles. The predicted molar refractivity (Wildman–Crippen MR) is 74.9 cm³/mol. The largest absolute Gasteiger partial charge is 0.477 e. The smallest absolute Gasteiger partial charge is 0.422 e. The van der Waals surface area contributed by atoms with Gasteiger partial charge in [-0.25, -0.2) is 4.79 Å². The molecular formula is C15H14F3NO3. The van der Waals surface area contributed by atoms with E-state index in [-0.39, 0.29) is 6.61 Å². The molecule has 0 atom stereocenters. The fraction of sp³-hybridized carbons (Fsp3) is 0.267. The van der Waals surface area contributed by atoms with Gasteiger partial charge in [-0.1, -0.05) is 6.07 Å². The minimum absolute atomic E-state index is 0.0440. The van der Waals surface area contributed by atoms with Gasteiger partial charge in [0.1, 0.15) is 0 Å². The van der Waals surface area contributed by atoms with E-state index < -0.39 is 24.5 Å². The second-order valence-electron chi connectivity index (χ2n) is 4.46. The van der Waals surface area contributed by atoms with Crippen LogP contribution in [0.1, 0.15) is 12.5 Å². The molecule has 0 radical (unpaired) electrons. The van der Waals surface area contributed by atoms with Crippen LogP contribution in [0.25, 0.3) is 17.0 Å². The van der Waals surface area contributed by atoms with E-state index >= 15 is 0 Å². The molecule has 0 amide bonds. The summed E-state index contributed by atoms with van der Waals surface area (Å²) in [4.78, 5) is 14.7. The molecule has 0 saturated heterocycles. The summed E-state index contributed by atoms with van der Waals surface area (Å²) in [5.74, 6) is -1.41. The highest BCUT2D eigenvalue weighted by molar-refractivity contribution is 5.92. The Morgan fingerprint density at radius 3 is 2.73 bits per heavy atom. The maximum absolute atomic E-state index is 12.3. The van der Waals surface area contributed by atoms with Gasteiger partial charge in [-0.2, -0.15) is 13.2 Å². The topological polar surface area (TPSA) is 51.3 Å². The highest BCUT2D eigenvalue weighted by atomic mass is 19.4. The van der Waals surface area contributed by atoms with Crippen LogP contribution in [-0.2, 0) is 14.3 Å². The molecule has 0 unspecified atom stereocenters. The van der Waals surface area contributed by atoms with Gasteiger partial charge >= 0.3 is 12.1 Å². The van der Waals surface area contributed by atoms with E-state index in [2.05, 4.69) is 9.72 Å². The van der Waals surface area contributed by atoms with Crippen molar-refractivity contribution in [3.8, 4) is 0 Å². The van der Waals surface area contributed by atoms with Crippen LogP contribution in [0, 0.1) is 0 Å². The van der Waals surface area contributed by atoms with Crippen molar-refractivity contribution in [1.29, 1.82) is 0 Å². The number of rotatable bonds is 5. The molecule has 2 aromatic rings. The number of alkyl halides is 3. The molecule has 118 valence electrons. The number of carbonyl (C=O) groups excluding carboxylic acids is 1. The van der Waals surface area contributed by atoms with Gasteiger partial charge in [0, 0.05) is 11.7 Å². The van der Waals surface area contributed by atoms with Crippen molar-refractivity contribution >= 4 is 22.9 Å². The number of fused-ring (bicyclic) bond motifs is 1. The molecule has 0 bridgehead atoms. The lowest BCUT2D eigenvalue weighted by Crippen LogP contribution is -2.20. The third kappa shape index (κ3) is 4.28. The number of aromatic amines is 1. The molecular weight excluding hydrogens is 299 g/mol. The Bertz CT molecular complexity index is 689. The molecule has 2 rings (SSSR count). The van der Waals surface area contributed by atoms with E-state index in [1.165, 1.54) is 6.08 Å². The van der Waals surface area contributed by atoms with E-state index in [1.807, 2.05) is 6.07 Å². The minimum atomic E-state index is -4.53. The zero-order valence-corrected chi connectivity index (χ0v) is 11.7. The Hall–Kier alpha value is -2.44. The van der Waals surface area contributed by atoms with E-state index in [0.29, 0.717) is 5.56 Å². The van der Waals surface area contributed by atoms with Crippen molar-refractivity contribution in [3.63, 3.8) is 0 Å². The highest BCUT2D eigenvalue weighted by Crippen LogP contribution is 2.20. The average Bonchev–Trinajstić information content (AvgIpc) is 2.90. The van der Waals surface area contributed by atoms with Gasteiger partial charge in [-0.3, -0.25) is 0 Å². The van der Waals surface area contributed by atoms with Crippen LogP contribution in [0.5, 0.6) is 0 Å². The number of halogens is 3. The van der Waals surface area contributed by atoms with Gasteiger partial charge in [0.05, 0.1) is 6.61 Å². The summed E-state index contributed by atoms with van der Waals surface area (Å²) in [5.41, 5.74) is 1.42. The van der Waals surface area contributed by atoms with Crippen molar-refractivity contribution in [2.75, 3.05) is 13.2 Å². The van der Waals surface area contributed by atoms with Crippen LogP contribution in [0.3, 0.4) is 0 Å². The number of aromatic nitrogens is 1. The summed E-state index contributed by atoms with van der Waals surface area (Å²) < 4.78 is 46.1. The summed E-state index contributed by atoms with van der Waals surface area (Å²) in [6, 6.07) is 6.96. The standard InChI is InChI=1S/C15H14F3NO3/c1-2-21-14(20)13(22-9-15(16,17)18)8-10-3-4-12-11(7-10)5-6-19-12/h3-8,19H,2,9H2,1H3/b13-8-. The Balaban J connectivity index is 2.27. The Morgan fingerprint density at radius 2 is 2.05 bits per heavy atom. The van der Waals surface area contributed by atoms with E-state index in [0.717, 1.165) is 10.9 Å². The maximum atomic E-state index is 12.3. The lowest BCUT2D eigenvalue weighted by atomic mass is 10.1. The SMILES string of the molecule is CCOC(=O)/C(=C/c1ccc2[nH]ccc2c1)OCC(F)(F)F. The molecule has 0 aliphatic heterocycles. The van der Waals surface area contributed by atoms with E-state index in [9.17, 15) is 18.0 Å². The molecule has 0 aliphatic carbocycles. The monoisotopic (exact) mass is 313 g/mol. The first-order valence-corrected chi connectivity index (χ1v) is 6.54. The van der Waals surface area contributed by atoms with Crippen LogP contribution in [0.15, 0.2) is 36.2 Å². The summed E-state index contributed by atoms with van der Waals surface area (Å²) in [6.45, 7) is 0.0532. The second-order valence-corrected chi connectivity index (χ2v) is 4.46. The lowest BCUT2D eigenvalue weighted by molar-refractivity contribution is -0.170. The van der Waals surface area contributed by atoms with Crippen LogP contribution >= 0.6 is 0 Å². The summed E-state index contributed by atoms with van der Waals surface area (Å²) in [5, 5.41) is 0.868. The minimum Gasteiger partial charge on any atom is -0.477 e. The van der Waals surface area contributed by atoms with Crippen LogP contribution in [-0.4, -0.2) is 30.3 Å². The number of H-pyrrole nitrogens is 1. The molecule has 1 N–H and O–H groups in total. The average molecular weight is 313 g/mol. The molecule has 7 heteroatoms. The molecule has 22 heavy (non-hydrogen) atoms. The molecule has 0 spiro atoms. The number of esters is 1. The third-order valence-corrected chi connectivity index (χ3v) is 2.74. The Morgan fingerprint density at radius 1 is 1.27 bits per heavy atom. The first-order chi connectivity index (χ1) is 10.4. The zero-order chi connectivity index (χ0) is 16.2. The molecule has 4 nitrogen and oxygen atoms in total. The van der Waals surface area contributed by atoms with Crippen molar-refractivity contribution in [2.45, 2.75) is 13.1 Å². The number of carbonyl (C=O) groups is 1. The highest BCUT2D eigenvalue weighted by Gasteiger charge is 2.30. The van der Waals surface area contributed by atoms with Gasteiger partial charge < -0.3 is 14.5 Å². The van der Waals surface area contributed by atoms with Gasteiger partial charge in [-0.05, 0) is 42.1 Å². The third-order valence-electron chi connectivity index (χ3n) is 2.74. The van der Waals surface area contributed by atoms with Crippen LogP contribution < -0.4 is 0 Å². The van der Waals surface area contributed by atoms with Gasteiger partial charge in [-0.15, -0.1) is 0 Å². The number of ether oxygens (including phenoxy) is 2. The first kappa shape index (κ1) is 15.9. The van der Waals surface area contributed by atoms with Gasteiger partial charge in [0.25, 0.3) is 0 Å². The molecule has 0 saturated carbocycles. The molecule has 0 fully saturated rings. The fourth-order valence-electron chi connectivity index (χ4n) is 1.83. The number of hydrogen-bond acceptors (Lipinski definition) is 3. The number of benzene rings is 1. The summed E-state index contributed by atoms with van der Waals surface area (Å²) in [6.07, 6.45) is -1.56. The molecule has 0 aliphatic rings. The Labute approximate surface area is 124 Å². The van der Waals surface area contributed by atoms with Crippen molar-refractivity contribution in [2.24, 2.45) is 0 Å². The van der Waals surface area contributed by atoms with Gasteiger partial charge in [0.15, 0.2) is 6.61 Å². The van der Waals surface area contributed by atoms with Gasteiger partial charge in [0.2, 0.25) is 5.76 Å². The Kier molecular flexibility index (Phi) is 4.75. The van der Waals surface area contributed by atoms with Crippen LogP contribution in [0.4, 0.5) is 13.2 Å². The molecule has 1 aromatic carbocycles. The quantitative estimate of drug-likeness (QED) is 0.521. The van der Waals surface area contributed by atoms with E-state index in [1.54, 1.807) is 31.3 Å². The zero-order valence-electron chi connectivity index (χ0n) is 11.7. The normalized spacial score (nSPS) is 12.5. The van der Waals surface area contributed by atoms with Crippen LogP contribution in [0.2, 0.25) is 0 Å². The molecule has 1 heterocycles. The maximum Gasteiger partial charge on any atom is 0.422 e. The predicted octanol–water partition coefficient (Wildman–Crippen LogP) is 3.65. The fourth-order valence-corrected chi connectivity index (χ4v) is 1.83. The number of nitrogens with one attached hydrogen (secondary N) is 1. The van der Waals surface area contributed by atoms with Crippen molar-refractivity contribution in [3.05, 3.63) is 41.8 Å². The van der Waals surface area contributed by atoms with Crippen molar-refractivity contribution < 1.29 is 27.4 Å².